The number of halogens is 1. The Morgan fingerprint density at radius 3 is 2.47 bits per heavy atom. The molecule has 4 aromatic carbocycles. The zero-order valence-corrected chi connectivity index (χ0v) is 19.6. The molecule has 5 rings (SSSR count). The van der Waals surface area contributed by atoms with Crippen molar-refractivity contribution in [3.63, 3.8) is 0 Å². The molecule has 180 valence electrons. The third kappa shape index (κ3) is 4.51. The molecule has 6 nitrogen and oxygen atoms in total. The first kappa shape index (κ1) is 23.1. The fraction of sp³-hybridized carbons (Fsp3) is 0.103. The predicted molar refractivity (Wildman–Crippen MR) is 138 cm³/mol. The van der Waals surface area contributed by atoms with Gasteiger partial charge in [-0.2, -0.15) is 0 Å². The summed E-state index contributed by atoms with van der Waals surface area (Å²) >= 11 is 0. The van der Waals surface area contributed by atoms with Gasteiger partial charge in [0, 0.05) is 28.1 Å². The van der Waals surface area contributed by atoms with E-state index in [9.17, 15) is 14.0 Å². The van der Waals surface area contributed by atoms with E-state index in [1.54, 1.807) is 41.3 Å². The fourth-order valence-electron chi connectivity index (χ4n) is 4.26. The molecule has 1 heterocycles. The third-order valence-electron chi connectivity index (χ3n) is 5.94. The molecule has 0 aliphatic carbocycles. The van der Waals surface area contributed by atoms with E-state index in [-0.39, 0.29) is 11.6 Å². The Balaban J connectivity index is 1.43. The molecule has 1 atom stereocenters. The number of nitrogens with zero attached hydrogens (tertiary/aromatic N) is 1. The molecular weight excluding hydrogens is 457 g/mol. The number of fused-ring (bicyclic) bond motifs is 1. The normalized spacial score (nSPS) is 14.3. The minimum absolute atomic E-state index is 0.109. The molecule has 36 heavy (non-hydrogen) atoms. The van der Waals surface area contributed by atoms with Crippen molar-refractivity contribution < 1.29 is 18.7 Å². The van der Waals surface area contributed by atoms with E-state index in [1.807, 2.05) is 55.5 Å². The number of hydrogen-bond donors (Lipinski definition) is 2. The van der Waals surface area contributed by atoms with Crippen LogP contribution < -0.4 is 20.3 Å². The molecule has 0 saturated heterocycles. The van der Waals surface area contributed by atoms with E-state index in [2.05, 4.69) is 10.6 Å². The molecule has 2 N–H and O–H groups in total. The summed E-state index contributed by atoms with van der Waals surface area (Å²) in [5.41, 5.74) is 3.26. The Bertz CT molecular complexity index is 1420. The zero-order valence-electron chi connectivity index (χ0n) is 19.6. The maximum atomic E-state index is 14.0. The summed E-state index contributed by atoms with van der Waals surface area (Å²) in [6, 6.07) is 27.7. The van der Waals surface area contributed by atoms with Gasteiger partial charge in [0.2, 0.25) is 0 Å². The van der Waals surface area contributed by atoms with Crippen molar-refractivity contribution in [1.82, 2.24) is 0 Å². The Kier molecular flexibility index (Phi) is 6.36. The number of rotatable bonds is 7. The van der Waals surface area contributed by atoms with Crippen LogP contribution in [0.1, 0.15) is 39.4 Å². The standard InChI is InChI=1S/C29H24FN3O3/c1-2-36-22-16-14-21(15-17-22)33-27(23-10-3-4-11-24(23)29(33)35)31-20-9-7-8-19(18-20)28(34)32-26-13-6-5-12-25(26)30/h3-18,27,31H,2H2,1H3,(H,32,34). The second-order valence-corrected chi connectivity index (χ2v) is 8.25. The van der Waals surface area contributed by atoms with Crippen LogP contribution in [0.5, 0.6) is 5.75 Å². The van der Waals surface area contributed by atoms with Crippen molar-refractivity contribution in [2.45, 2.75) is 13.1 Å². The van der Waals surface area contributed by atoms with E-state index in [4.69, 9.17) is 4.74 Å². The first-order valence-corrected chi connectivity index (χ1v) is 11.6. The molecule has 0 bridgehead atoms. The van der Waals surface area contributed by atoms with Crippen molar-refractivity contribution in [2.75, 3.05) is 22.1 Å². The van der Waals surface area contributed by atoms with Gasteiger partial charge in [-0.1, -0.05) is 36.4 Å². The molecule has 7 heteroatoms. The number of anilines is 3. The number of ether oxygens (including phenoxy) is 1. The first-order chi connectivity index (χ1) is 17.5. The van der Waals surface area contributed by atoms with Gasteiger partial charge >= 0.3 is 0 Å². The third-order valence-corrected chi connectivity index (χ3v) is 5.94. The molecule has 4 aromatic rings. The Morgan fingerprint density at radius 2 is 1.69 bits per heavy atom. The number of carbonyl (C=O) groups excluding carboxylic acids is 2. The van der Waals surface area contributed by atoms with Crippen LogP contribution in [-0.2, 0) is 0 Å². The maximum Gasteiger partial charge on any atom is 0.260 e. The number of benzene rings is 4. The molecule has 1 unspecified atom stereocenters. The lowest BCUT2D eigenvalue weighted by Crippen LogP contribution is -2.32. The number of nitrogens with one attached hydrogen (secondary N) is 2. The molecule has 0 spiro atoms. The Labute approximate surface area is 208 Å². The van der Waals surface area contributed by atoms with Gasteiger partial charge in [-0.25, -0.2) is 4.39 Å². The van der Waals surface area contributed by atoms with Crippen LogP contribution in [0.25, 0.3) is 0 Å². The van der Waals surface area contributed by atoms with Gasteiger partial charge in [0.25, 0.3) is 11.8 Å². The van der Waals surface area contributed by atoms with E-state index < -0.39 is 17.9 Å². The minimum Gasteiger partial charge on any atom is -0.494 e. The summed E-state index contributed by atoms with van der Waals surface area (Å²) in [7, 11) is 0. The number of para-hydroxylation sites is 1. The molecule has 1 aliphatic heterocycles. The van der Waals surface area contributed by atoms with Crippen LogP contribution in [0.15, 0.2) is 97.1 Å². The zero-order chi connectivity index (χ0) is 25.1. The Morgan fingerprint density at radius 1 is 0.944 bits per heavy atom. The van der Waals surface area contributed by atoms with Gasteiger partial charge in [0.05, 0.1) is 12.3 Å². The van der Waals surface area contributed by atoms with Crippen LogP contribution in [-0.4, -0.2) is 18.4 Å². The lowest BCUT2D eigenvalue weighted by molar-refractivity contribution is 0.0990. The SMILES string of the molecule is CCOc1ccc(N2C(=O)c3ccccc3C2Nc2cccc(C(=O)Nc3ccccc3F)c2)cc1. The smallest absolute Gasteiger partial charge is 0.260 e. The minimum atomic E-state index is -0.507. The summed E-state index contributed by atoms with van der Waals surface area (Å²) in [4.78, 5) is 27.9. The molecule has 2 amide bonds. The van der Waals surface area contributed by atoms with Crippen LogP contribution in [0.4, 0.5) is 21.5 Å². The highest BCUT2D eigenvalue weighted by Crippen LogP contribution is 2.38. The monoisotopic (exact) mass is 481 g/mol. The summed E-state index contributed by atoms with van der Waals surface area (Å²) in [6.45, 7) is 2.47. The number of amides is 2. The molecule has 0 radical (unpaired) electrons. The quantitative estimate of drug-likeness (QED) is 0.327. The van der Waals surface area contributed by atoms with E-state index in [0.29, 0.717) is 29.1 Å². The van der Waals surface area contributed by atoms with Crippen LogP contribution in [0.2, 0.25) is 0 Å². The number of hydrogen-bond acceptors (Lipinski definition) is 4. The van der Waals surface area contributed by atoms with E-state index in [1.165, 1.54) is 12.1 Å². The van der Waals surface area contributed by atoms with Crippen molar-refractivity contribution in [3.05, 3.63) is 120 Å². The van der Waals surface area contributed by atoms with Gasteiger partial charge in [-0.15, -0.1) is 0 Å². The molecule has 0 aromatic heterocycles. The largest absolute Gasteiger partial charge is 0.494 e. The first-order valence-electron chi connectivity index (χ1n) is 11.6. The van der Waals surface area contributed by atoms with Gasteiger partial charge < -0.3 is 15.4 Å². The maximum absolute atomic E-state index is 14.0. The van der Waals surface area contributed by atoms with Gasteiger partial charge in [-0.05, 0) is 67.6 Å². The lowest BCUT2D eigenvalue weighted by atomic mass is 10.1. The highest BCUT2D eigenvalue weighted by molar-refractivity contribution is 6.11. The van der Waals surface area contributed by atoms with Gasteiger partial charge in [0.1, 0.15) is 17.7 Å². The second kappa shape index (κ2) is 9.92. The summed E-state index contributed by atoms with van der Waals surface area (Å²) in [6.07, 6.45) is -0.489. The van der Waals surface area contributed by atoms with E-state index >= 15 is 0 Å². The van der Waals surface area contributed by atoms with Crippen LogP contribution in [0.3, 0.4) is 0 Å². The van der Waals surface area contributed by atoms with Crippen molar-refractivity contribution >= 4 is 28.9 Å². The summed E-state index contributed by atoms with van der Waals surface area (Å²) < 4.78 is 19.5. The Hall–Kier alpha value is -4.65. The summed E-state index contributed by atoms with van der Waals surface area (Å²) in [5, 5.41) is 6.01. The molecule has 0 fully saturated rings. The van der Waals surface area contributed by atoms with Crippen molar-refractivity contribution in [2.24, 2.45) is 0 Å². The molecular formula is C29H24FN3O3. The second-order valence-electron chi connectivity index (χ2n) is 8.25. The lowest BCUT2D eigenvalue weighted by Gasteiger charge is -2.27. The van der Waals surface area contributed by atoms with Gasteiger partial charge in [-0.3, -0.25) is 14.5 Å². The summed E-state index contributed by atoms with van der Waals surface area (Å²) in [5.74, 6) is -0.341. The van der Waals surface area contributed by atoms with Crippen molar-refractivity contribution in [1.29, 1.82) is 0 Å². The van der Waals surface area contributed by atoms with Gasteiger partial charge in [0.15, 0.2) is 0 Å². The van der Waals surface area contributed by atoms with Crippen LogP contribution >= 0.6 is 0 Å². The number of carbonyl (C=O) groups is 2. The fourth-order valence-corrected chi connectivity index (χ4v) is 4.26. The topological polar surface area (TPSA) is 70.7 Å². The average Bonchev–Trinajstić information content (AvgIpc) is 3.17. The highest BCUT2D eigenvalue weighted by Gasteiger charge is 2.37. The van der Waals surface area contributed by atoms with E-state index in [0.717, 1.165) is 11.3 Å². The van der Waals surface area contributed by atoms with Crippen LogP contribution in [0, 0.1) is 5.82 Å². The molecule has 0 saturated carbocycles. The van der Waals surface area contributed by atoms with Crippen molar-refractivity contribution in [3.8, 4) is 5.75 Å². The predicted octanol–water partition coefficient (Wildman–Crippen LogP) is 6.25. The highest BCUT2D eigenvalue weighted by atomic mass is 19.1. The average molecular weight is 482 g/mol. The molecule has 1 aliphatic rings.